The number of fused-ring (bicyclic) bond motifs is 5. The summed E-state index contributed by atoms with van der Waals surface area (Å²) in [5, 5.41) is 0. The van der Waals surface area contributed by atoms with Crippen LogP contribution in [0.5, 0.6) is 0 Å². The molecule has 3 aliphatic carbocycles. The van der Waals surface area contributed by atoms with Crippen LogP contribution >= 0.6 is 0 Å². The number of hydrogen-bond acceptors (Lipinski definition) is 0. The molecule has 4 rings (SSSR count). The summed E-state index contributed by atoms with van der Waals surface area (Å²) < 4.78 is 0. The molecule has 0 heterocycles. The van der Waals surface area contributed by atoms with Crippen molar-refractivity contribution in [3.63, 3.8) is 0 Å². The third-order valence-corrected chi connectivity index (χ3v) is 6.21. The van der Waals surface area contributed by atoms with Crippen LogP contribution in [0.15, 0.2) is 30.4 Å². The normalized spacial score (nSPS) is 36.1. The largest absolute Gasteiger partial charge is 0.0877 e. The van der Waals surface area contributed by atoms with E-state index in [1.165, 1.54) is 37.7 Å². The summed E-state index contributed by atoms with van der Waals surface area (Å²) in [6.45, 7) is 8.73. The summed E-state index contributed by atoms with van der Waals surface area (Å²) in [5.74, 6) is 2.70. The Morgan fingerprint density at radius 3 is 2.76 bits per heavy atom. The lowest BCUT2D eigenvalue weighted by Crippen LogP contribution is -2.39. The van der Waals surface area contributed by atoms with Crippen molar-refractivity contribution < 1.29 is 0 Å². The molecule has 1 saturated carbocycles. The molecule has 0 aromatic heterocycles. The minimum absolute atomic E-state index is 0.517. The Kier molecular flexibility index (Phi) is 3.99. The number of allylic oxidation sites excluding steroid dienone is 2. The van der Waals surface area contributed by atoms with Gasteiger partial charge in [0.25, 0.3) is 0 Å². The second kappa shape index (κ2) is 5.63. The summed E-state index contributed by atoms with van der Waals surface area (Å²) in [4.78, 5) is 0. The zero-order valence-corrected chi connectivity index (χ0v) is 14.2. The number of rotatable bonds is 0. The molecule has 0 bridgehead atoms. The lowest BCUT2D eigenvalue weighted by Gasteiger charge is -2.49. The molecule has 1 fully saturated rings. The summed E-state index contributed by atoms with van der Waals surface area (Å²) in [5.41, 5.74) is 5.29. The van der Waals surface area contributed by atoms with E-state index in [1.54, 1.807) is 11.1 Å². The fourth-order valence-corrected chi connectivity index (χ4v) is 5.19. The molecule has 0 aliphatic heterocycles. The van der Waals surface area contributed by atoms with Crippen molar-refractivity contribution >= 4 is 0 Å². The molecule has 0 N–H and O–H groups in total. The zero-order chi connectivity index (χ0) is 15.0. The summed E-state index contributed by atoms with van der Waals surface area (Å²) in [6.07, 6.45) is 11.8. The van der Waals surface area contributed by atoms with E-state index >= 15 is 0 Å². The molecule has 1 aromatic carbocycles. The lowest BCUT2D eigenvalue weighted by atomic mass is 9.56. The van der Waals surface area contributed by atoms with Crippen molar-refractivity contribution in [1.29, 1.82) is 0 Å². The van der Waals surface area contributed by atoms with Gasteiger partial charge in [-0.3, -0.25) is 0 Å². The first-order valence-electron chi connectivity index (χ1n) is 8.94. The number of hydrogen-bond donors (Lipinski definition) is 0. The Morgan fingerprint density at radius 1 is 1.14 bits per heavy atom. The quantitative estimate of drug-likeness (QED) is 0.509. The van der Waals surface area contributed by atoms with Crippen LogP contribution in [0.2, 0.25) is 0 Å². The zero-order valence-electron chi connectivity index (χ0n) is 14.2. The first-order chi connectivity index (χ1) is 10.2. The highest BCUT2D eigenvalue weighted by Gasteiger charge is 2.48. The Balaban J connectivity index is 0.000000636. The van der Waals surface area contributed by atoms with Crippen molar-refractivity contribution in [2.75, 3.05) is 0 Å². The van der Waals surface area contributed by atoms with Crippen LogP contribution in [0.1, 0.15) is 69.1 Å². The molecule has 0 spiro atoms. The van der Waals surface area contributed by atoms with E-state index in [4.69, 9.17) is 0 Å². The predicted octanol–water partition coefficient (Wildman–Crippen LogP) is 6.04. The van der Waals surface area contributed by atoms with Gasteiger partial charge in [0.1, 0.15) is 0 Å². The first kappa shape index (κ1) is 14.9. The minimum Gasteiger partial charge on any atom is -0.0877 e. The van der Waals surface area contributed by atoms with Gasteiger partial charge in [-0.2, -0.15) is 0 Å². The third-order valence-electron chi connectivity index (χ3n) is 6.21. The van der Waals surface area contributed by atoms with Gasteiger partial charge in [0.2, 0.25) is 0 Å². The number of benzene rings is 1. The average molecular weight is 282 g/mol. The molecule has 21 heavy (non-hydrogen) atoms. The van der Waals surface area contributed by atoms with Crippen LogP contribution in [0, 0.1) is 24.2 Å². The van der Waals surface area contributed by atoms with E-state index in [2.05, 4.69) is 44.2 Å². The molecule has 114 valence electrons. The highest BCUT2D eigenvalue weighted by Crippen LogP contribution is 2.58. The highest BCUT2D eigenvalue weighted by atomic mass is 14.5. The van der Waals surface area contributed by atoms with Crippen LogP contribution in [0.3, 0.4) is 0 Å². The van der Waals surface area contributed by atoms with Crippen LogP contribution in [-0.2, 0) is 6.42 Å². The van der Waals surface area contributed by atoms with E-state index in [1.807, 2.05) is 13.8 Å². The van der Waals surface area contributed by atoms with Gasteiger partial charge in [0.15, 0.2) is 0 Å². The monoisotopic (exact) mass is 282 g/mol. The van der Waals surface area contributed by atoms with E-state index in [-0.39, 0.29) is 0 Å². The molecule has 4 atom stereocenters. The number of aryl methyl sites for hydroxylation is 2. The Hall–Kier alpha value is -1.04. The van der Waals surface area contributed by atoms with Crippen LogP contribution in [0.4, 0.5) is 0 Å². The summed E-state index contributed by atoms with van der Waals surface area (Å²) in [7, 11) is 0. The summed E-state index contributed by atoms with van der Waals surface area (Å²) >= 11 is 0. The molecule has 3 aliphatic rings. The average Bonchev–Trinajstić information content (AvgIpc) is 2.90. The van der Waals surface area contributed by atoms with Crippen molar-refractivity contribution in [2.24, 2.45) is 17.3 Å². The first-order valence-corrected chi connectivity index (χ1v) is 8.94. The van der Waals surface area contributed by atoms with Crippen molar-refractivity contribution in [2.45, 2.75) is 65.7 Å². The maximum atomic E-state index is 2.53. The van der Waals surface area contributed by atoms with Gasteiger partial charge in [-0.25, -0.2) is 0 Å². The van der Waals surface area contributed by atoms with E-state index in [0.717, 1.165) is 17.8 Å². The summed E-state index contributed by atoms with van der Waals surface area (Å²) in [6, 6.07) is 7.20. The van der Waals surface area contributed by atoms with Gasteiger partial charge < -0.3 is 0 Å². The Bertz CT molecular complexity index is 539. The fraction of sp³-hybridized carbons (Fsp3) is 0.619. The molecule has 4 unspecified atom stereocenters. The smallest absolute Gasteiger partial charge is 0.0112 e. The second-order valence-electron chi connectivity index (χ2n) is 7.30. The van der Waals surface area contributed by atoms with E-state index in [0.29, 0.717) is 5.41 Å². The van der Waals surface area contributed by atoms with Crippen LogP contribution in [-0.4, -0.2) is 0 Å². The van der Waals surface area contributed by atoms with Gasteiger partial charge in [-0.1, -0.05) is 56.7 Å². The molecule has 0 radical (unpaired) electrons. The van der Waals surface area contributed by atoms with Crippen molar-refractivity contribution in [1.82, 2.24) is 0 Å². The van der Waals surface area contributed by atoms with Gasteiger partial charge in [0, 0.05) is 0 Å². The van der Waals surface area contributed by atoms with Crippen molar-refractivity contribution in [3.8, 4) is 0 Å². The third kappa shape index (κ3) is 2.37. The van der Waals surface area contributed by atoms with Gasteiger partial charge in [-0.15, -0.1) is 0 Å². The Labute approximate surface area is 130 Å². The molecule has 0 saturated heterocycles. The maximum Gasteiger partial charge on any atom is -0.0112 e. The SMILES string of the molecule is CC.Cc1ccc2c(c1)CCC1C2CCC2(C)C=CCC12. The van der Waals surface area contributed by atoms with Gasteiger partial charge >= 0.3 is 0 Å². The van der Waals surface area contributed by atoms with Crippen molar-refractivity contribution in [3.05, 3.63) is 47.0 Å². The fourth-order valence-electron chi connectivity index (χ4n) is 5.19. The van der Waals surface area contributed by atoms with E-state index in [9.17, 15) is 0 Å². The molecule has 0 amide bonds. The highest BCUT2D eigenvalue weighted by molar-refractivity contribution is 5.38. The topological polar surface area (TPSA) is 0 Å². The van der Waals surface area contributed by atoms with E-state index < -0.39 is 0 Å². The predicted molar refractivity (Wildman–Crippen MR) is 91.7 cm³/mol. The lowest BCUT2D eigenvalue weighted by molar-refractivity contribution is 0.0826. The Morgan fingerprint density at radius 2 is 1.95 bits per heavy atom. The van der Waals surface area contributed by atoms with Gasteiger partial charge in [0.05, 0.1) is 0 Å². The second-order valence-corrected chi connectivity index (χ2v) is 7.30. The van der Waals surface area contributed by atoms with Crippen LogP contribution < -0.4 is 0 Å². The minimum atomic E-state index is 0.517. The molecular weight excluding hydrogens is 252 g/mol. The molecule has 0 heteroatoms. The maximum absolute atomic E-state index is 2.53. The standard InChI is InChI=1S/C19H24.C2H6/c1-13-5-7-15-14(12-13)6-8-17-16(15)9-11-19(2)10-3-4-18(17)19;1-2/h3,5,7,10,12,16-18H,4,6,8-9,11H2,1-2H3;1-2H3. The molecule has 1 aromatic rings. The molecule has 0 nitrogen and oxygen atoms in total. The van der Waals surface area contributed by atoms with Gasteiger partial charge in [-0.05, 0) is 73.3 Å². The van der Waals surface area contributed by atoms with Crippen LogP contribution in [0.25, 0.3) is 0 Å². The molecular formula is C21H30.